The molecule has 0 bridgehead atoms. The molecule has 0 aliphatic rings. The molecule has 0 radical (unpaired) electrons. The molecule has 1 aromatic heterocycles. The fourth-order valence-electron chi connectivity index (χ4n) is 1.30. The predicted molar refractivity (Wildman–Crippen MR) is 67.7 cm³/mol. The fraction of sp³-hybridized carbons (Fsp3) is 0. The van der Waals surface area contributed by atoms with Crippen LogP contribution in [0.25, 0.3) is 0 Å². The summed E-state index contributed by atoms with van der Waals surface area (Å²) in [4.78, 5) is 14.7. The first-order chi connectivity index (χ1) is 8.97. The lowest BCUT2D eigenvalue weighted by molar-refractivity contribution is 0.0696. The van der Waals surface area contributed by atoms with Crippen LogP contribution in [0.3, 0.4) is 0 Å². The van der Waals surface area contributed by atoms with Crippen LogP contribution in [0.4, 0.5) is 4.39 Å². The van der Waals surface area contributed by atoms with Gasteiger partial charge in [0.1, 0.15) is 11.6 Å². The van der Waals surface area contributed by atoms with Crippen molar-refractivity contribution in [2.45, 2.75) is 0 Å². The highest BCUT2D eigenvalue weighted by molar-refractivity contribution is 6.33. The minimum Gasteiger partial charge on any atom is -0.478 e. The minimum absolute atomic E-state index is 0.00279. The largest absolute Gasteiger partial charge is 0.478 e. The van der Waals surface area contributed by atoms with Crippen molar-refractivity contribution in [3.63, 3.8) is 0 Å². The maximum absolute atomic E-state index is 13.0. The van der Waals surface area contributed by atoms with Crippen molar-refractivity contribution in [3.05, 3.63) is 51.9 Å². The molecule has 4 nitrogen and oxygen atoms in total. The van der Waals surface area contributed by atoms with Gasteiger partial charge in [-0.1, -0.05) is 23.2 Å². The smallest absolute Gasteiger partial charge is 0.337 e. The number of carboxylic acids is 1. The quantitative estimate of drug-likeness (QED) is 0.930. The van der Waals surface area contributed by atoms with Gasteiger partial charge in [-0.3, -0.25) is 0 Å². The highest BCUT2D eigenvalue weighted by Gasteiger charge is 2.12. The maximum Gasteiger partial charge on any atom is 0.337 e. The van der Waals surface area contributed by atoms with Crippen molar-refractivity contribution < 1.29 is 19.0 Å². The summed E-state index contributed by atoms with van der Waals surface area (Å²) >= 11 is 11.3. The van der Waals surface area contributed by atoms with Crippen LogP contribution in [0, 0.1) is 5.82 Å². The topological polar surface area (TPSA) is 59.4 Å². The number of benzene rings is 1. The van der Waals surface area contributed by atoms with Gasteiger partial charge < -0.3 is 9.84 Å². The van der Waals surface area contributed by atoms with Crippen molar-refractivity contribution in [2.24, 2.45) is 0 Å². The highest BCUT2D eigenvalue weighted by Crippen LogP contribution is 2.27. The Bertz CT molecular complexity index is 649. The highest BCUT2D eigenvalue weighted by atomic mass is 35.5. The molecule has 1 aromatic carbocycles. The second-order valence-corrected chi connectivity index (χ2v) is 4.30. The first-order valence-electron chi connectivity index (χ1n) is 4.99. The van der Waals surface area contributed by atoms with Gasteiger partial charge in [-0.05, 0) is 12.1 Å². The first kappa shape index (κ1) is 13.6. The minimum atomic E-state index is -1.20. The van der Waals surface area contributed by atoms with E-state index in [9.17, 15) is 9.18 Å². The molecule has 0 fully saturated rings. The summed E-state index contributed by atoms with van der Waals surface area (Å²) in [6, 6.07) is 4.90. The molecule has 2 aromatic rings. The Morgan fingerprint density at radius 2 is 2.00 bits per heavy atom. The Morgan fingerprint density at radius 1 is 1.26 bits per heavy atom. The molecule has 19 heavy (non-hydrogen) atoms. The predicted octanol–water partition coefficient (Wildman–Crippen LogP) is 4.02. The third kappa shape index (κ3) is 3.13. The number of nitrogens with zero attached hydrogens (tertiary/aromatic N) is 1. The zero-order valence-electron chi connectivity index (χ0n) is 9.23. The molecule has 2 rings (SSSR count). The van der Waals surface area contributed by atoms with E-state index in [-0.39, 0.29) is 27.2 Å². The van der Waals surface area contributed by atoms with Crippen LogP contribution in [0.15, 0.2) is 30.5 Å². The van der Waals surface area contributed by atoms with Crippen molar-refractivity contribution in [2.75, 3.05) is 0 Å². The number of carbonyl (C=O) groups is 1. The molecule has 0 atom stereocenters. The van der Waals surface area contributed by atoms with E-state index >= 15 is 0 Å². The van der Waals surface area contributed by atoms with Crippen LogP contribution >= 0.6 is 23.2 Å². The maximum atomic E-state index is 13.0. The van der Waals surface area contributed by atoms with E-state index in [2.05, 4.69) is 4.98 Å². The van der Waals surface area contributed by atoms with Gasteiger partial charge in [-0.15, -0.1) is 0 Å². The normalized spacial score (nSPS) is 10.3. The van der Waals surface area contributed by atoms with Crippen LogP contribution in [-0.2, 0) is 0 Å². The Morgan fingerprint density at radius 3 is 2.63 bits per heavy atom. The molecule has 0 aliphatic heterocycles. The van der Waals surface area contributed by atoms with Crippen molar-refractivity contribution in [3.8, 4) is 11.6 Å². The number of hydrogen-bond acceptors (Lipinski definition) is 3. The van der Waals surface area contributed by atoms with Crippen LogP contribution < -0.4 is 4.74 Å². The molecule has 98 valence electrons. The zero-order chi connectivity index (χ0) is 14.0. The van der Waals surface area contributed by atoms with Crippen LogP contribution in [0.2, 0.25) is 10.0 Å². The van der Waals surface area contributed by atoms with Gasteiger partial charge in [0.05, 0.1) is 21.8 Å². The van der Waals surface area contributed by atoms with E-state index in [0.717, 1.165) is 12.3 Å². The summed E-state index contributed by atoms with van der Waals surface area (Å²) in [5.41, 5.74) is -0.139. The lowest BCUT2D eigenvalue weighted by Crippen LogP contribution is -1.99. The molecule has 0 spiro atoms. The van der Waals surface area contributed by atoms with E-state index < -0.39 is 11.8 Å². The van der Waals surface area contributed by atoms with E-state index in [0.29, 0.717) is 0 Å². The Labute approximate surface area is 117 Å². The van der Waals surface area contributed by atoms with Gasteiger partial charge in [0.25, 0.3) is 0 Å². The molecule has 0 amide bonds. The lowest BCUT2D eigenvalue weighted by Gasteiger charge is -2.06. The van der Waals surface area contributed by atoms with Gasteiger partial charge in [0, 0.05) is 12.1 Å². The average Bonchev–Trinajstić information content (AvgIpc) is 2.36. The summed E-state index contributed by atoms with van der Waals surface area (Å²) in [6.07, 6.45) is 1.16. The van der Waals surface area contributed by atoms with E-state index in [1.807, 2.05) is 0 Å². The average molecular weight is 302 g/mol. The Hall–Kier alpha value is -1.85. The van der Waals surface area contributed by atoms with Crippen LogP contribution in [0.5, 0.6) is 11.6 Å². The van der Waals surface area contributed by atoms with E-state index in [4.69, 9.17) is 33.0 Å². The van der Waals surface area contributed by atoms with Crippen molar-refractivity contribution in [1.82, 2.24) is 4.98 Å². The molecule has 1 N–H and O–H groups in total. The van der Waals surface area contributed by atoms with Crippen LogP contribution in [0.1, 0.15) is 10.4 Å². The Kier molecular flexibility index (Phi) is 3.87. The van der Waals surface area contributed by atoms with Crippen molar-refractivity contribution in [1.29, 1.82) is 0 Å². The van der Waals surface area contributed by atoms with Gasteiger partial charge in [-0.2, -0.15) is 0 Å². The first-order valence-corrected chi connectivity index (χ1v) is 5.74. The van der Waals surface area contributed by atoms with Gasteiger partial charge in [0.2, 0.25) is 5.88 Å². The molecule has 7 heteroatoms. The molecule has 0 aliphatic carbocycles. The third-order valence-electron chi connectivity index (χ3n) is 2.17. The molecular formula is C12H6Cl2FNO3. The van der Waals surface area contributed by atoms with E-state index in [1.54, 1.807) is 0 Å². The summed E-state index contributed by atoms with van der Waals surface area (Å²) < 4.78 is 18.2. The molecule has 1 heterocycles. The number of halogens is 3. The number of ether oxygens (including phenoxy) is 1. The molecular weight excluding hydrogens is 296 g/mol. The monoisotopic (exact) mass is 301 g/mol. The zero-order valence-corrected chi connectivity index (χ0v) is 10.7. The number of pyridine rings is 1. The molecule has 0 saturated heterocycles. The van der Waals surface area contributed by atoms with Gasteiger partial charge >= 0.3 is 5.97 Å². The second kappa shape index (κ2) is 5.42. The third-order valence-corrected chi connectivity index (χ3v) is 2.76. The van der Waals surface area contributed by atoms with Gasteiger partial charge in [-0.25, -0.2) is 14.2 Å². The summed E-state index contributed by atoms with van der Waals surface area (Å²) in [6.45, 7) is 0. The van der Waals surface area contributed by atoms with Gasteiger partial charge in [0.15, 0.2) is 0 Å². The number of rotatable bonds is 3. The summed E-state index contributed by atoms with van der Waals surface area (Å²) in [5.74, 6) is -1.53. The van der Waals surface area contributed by atoms with Crippen molar-refractivity contribution >= 4 is 29.2 Å². The molecule has 0 saturated carbocycles. The number of aromatic nitrogens is 1. The second-order valence-electron chi connectivity index (χ2n) is 3.49. The molecule has 0 unspecified atom stereocenters. The lowest BCUT2D eigenvalue weighted by atomic mass is 10.2. The fourth-order valence-corrected chi connectivity index (χ4v) is 1.66. The van der Waals surface area contributed by atoms with Crippen LogP contribution in [-0.4, -0.2) is 16.1 Å². The summed E-state index contributed by atoms with van der Waals surface area (Å²) in [7, 11) is 0. The number of hydrogen-bond donors (Lipinski definition) is 1. The summed E-state index contributed by atoms with van der Waals surface area (Å²) in [5, 5.41) is 8.79. The van der Waals surface area contributed by atoms with E-state index in [1.165, 1.54) is 18.2 Å². The Balaban J connectivity index is 2.30. The number of carboxylic acid groups (broad SMARTS) is 1. The SMILES string of the molecule is O=C(O)c1cc(Oc2ccc(F)c(Cl)c2)ncc1Cl. The standard InChI is InChI=1S/C12H6Cl2FNO3/c13-8-3-6(1-2-10(8)15)19-11-4-7(12(17)18)9(14)5-16-11/h1-5H,(H,17,18). The number of aromatic carboxylic acids is 1.